The van der Waals surface area contributed by atoms with Crippen LogP contribution in [0.1, 0.15) is 38.8 Å². The molecule has 0 radical (unpaired) electrons. The van der Waals surface area contributed by atoms with E-state index in [9.17, 15) is 4.79 Å². The maximum absolute atomic E-state index is 12.8. The molecule has 0 spiro atoms. The summed E-state index contributed by atoms with van der Waals surface area (Å²) in [5.74, 6) is 1.50. The van der Waals surface area contributed by atoms with Crippen LogP contribution in [0.5, 0.6) is 11.5 Å². The van der Waals surface area contributed by atoms with Crippen LogP contribution in [-0.4, -0.2) is 23.9 Å². The second kappa shape index (κ2) is 8.03. The van der Waals surface area contributed by atoms with Crippen LogP contribution in [0, 0.1) is 0 Å². The van der Waals surface area contributed by atoms with Gasteiger partial charge in [-0.25, -0.2) is 0 Å². The van der Waals surface area contributed by atoms with Crippen molar-refractivity contribution in [2.24, 2.45) is 0 Å². The Bertz CT molecular complexity index is 823. The van der Waals surface area contributed by atoms with E-state index in [4.69, 9.17) is 21.1 Å². The minimum Gasteiger partial charge on any atom is -0.497 e. The molecule has 0 bridgehead atoms. The van der Waals surface area contributed by atoms with E-state index in [0.717, 1.165) is 22.0 Å². The van der Waals surface area contributed by atoms with Crippen LogP contribution in [0.15, 0.2) is 47.4 Å². The number of carbonyl (C=O) groups is 1. The molecular weight excluding hydrogens is 382 g/mol. The van der Waals surface area contributed by atoms with Crippen LogP contribution in [-0.2, 0) is 4.79 Å². The Hall–Kier alpha value is -1.85. The van der Waals surface area contributed by atoms with Crippen molar-refractivity contribution in [2.75, 3.05) is 7.11 Å². The van der Waals surface area contributed by atoms with Crippen molar-refractivity contribution in [1.29, 1.82) is 0 Å². The zero-order valence-electron chi connectivity index (χ0n) is 15.9. The minimum atomic E-state index is -0.371. The number of hydrogen-bond acceptors (Lipinski definition) is 4. The summed E-state index contributed by atoms with van der Waals surface area (Å²) < 4.78 is 11.4. The summed E-state index contributed by atoms with van der Waals surface area (Å²) >= 11 is 7.44. The molecule has 1 aliphatic rings. The highest BCUT2D eigenvalue weighted by Gasteiger charge is 2.35. The van der Waals surface area contributed by atoms with Crippen molar-refractivity contribution >= 4 is 29.3 Å². The highest BCUT2D eigenvalue weighted by atomic mass is 35.5. The van der Waals surface area contributed by atoms with Crippen molar-refractivity contribution in [3.8, 4) is 11.5 Å². The number of benzene rings is 2. The number of methoxy groups -OCH3 is 1. The molecule has 1 amide bonds. The molecule has 2 aromatic rings. The molecule has 1 aliphatic heterocycles. The van der Waals surface area contributed by atoms with Gasteiger partial charge in [-0.2, -0.15) is 0 Å². The van der Waals surface area contributed by atoms with E-state index in [1.165, 1.54) is 11.8 Å². The minimum absolute atomic E-state index is 0.000539. The summed E-state index contributed by atoms with van der Waals surface area (Å²) in [4.78, 5) is 13.8. The molecule has 3 rings (SSSR count). The fourth-order valence-corrected chi connectivity index (χ4v) is 4.15. The number of halogens is 1. The van der Waals surface area contributed by atoms with Gasteiger partial charge in [-0.3, -0.25) is 4.79 Å². The van der Waals surface area contributed by atoms with E-state index in [1.54, 1.807) is 7.11 Å². The molecule has 0 aromatic heterocycles. The summed E-state index contributed by atoms with van der Waals surface area (Å²) in [5, 5.41) is 3.66. The first kappa shape index (κ1) is 19.9. The van der Waals surface area contributed by atoms with E-state index in [2.05, 4.69) is 5.32 Å². The Balaban J connectivity index is 1.74. The summed E-state index contributed by atoms with van der Waals surface area (Å²) in [5.41, 5.74) is 0.608. The number of thioether (sulfide) groups is 1. The smallest absolute Gasteiger partial charge is 0.233 e. The van der Waals surface area contributed by atoms with Crippen molar-refractivity contribution in [3.05, 3.63) is 53.1 Å². The third-order valence-electron chi connectivity index (χ3n) is 4.49. The van der Waals surface area contributed by atoms with Crippen LogP contribution in [0.3, 0.4) is 0 Å². The highest BCUT2D eigenvalue weighted by Crippen LogP contribution is 2.41. The molecule has 144 valence electrons. The molecule has 0 saturated heterocycles. The summed E-state index contributed by atoms with van der Waals surface area (Å²) in [6, 6.07) is 13.2. The van der Waals surface area contributed by atoms with Crippen LogP contribution in [0.4, 0.5) is 0 Å². The third kappa shape index (κ3) is 4.90. The average Bonchev–Trinajstić information content (AvgIpc) is 2.62. The lowest BCUT2D eigenvalue weighted by atomic mass is 9.89. The lowest BCUT2D eigenvalue weighted by Gasteiger charge is -2.38. The van der Waals surface area contributed by atoms with Crippen LogP contribution in [0.25, 0.3) is 0 Å². The zero-order chi connectivity index (χ0) is 19.6. The molecule has 2 aromatic carbocycles. The lowest BCUT2D eigenvalue weighted by molar-refractivity contribution is -0.121. The fourth-order valence-electron chi connectivity index (χ4n) is 3.15. The zero-order valence-corrected chi connectivity index (χ0v) is 17.5. The molecule has 0 aliphatic carbocycles. The summed E-state index contributed by atoms with van der Waals surface area (Å²) in [7, 11) is 1.63. The number of hydrogen-bond donors (Lipinski definition) is 1. The Morgan fingerprint density at radius 1 is 1.30 bits per heavy atom. The summed E-state index contributed by atoms with van der Waals surface area (Å²) in [6.45, 7) is 5.97. The molecule has 1 N–H and O–H groups in total. The number of fused-ring (bicyclic) bond motifs is 1. The van der Waals surface area contributed by atoms with E-state index < -0.39 is 0 Å². The fraction of sp³-hybridized carbons (Fsp3) is 0.381. The Labute approximate surface area is 169 Å². The van der Waals surface area contributed by atoms with Gasteiger partial charge < -0.3 is 14.8 Å². The van der Waals surface area contributed by atoms with Crippen molar-refractivity contribution < 1.29 is 14.3 Å². The number of ether oxygens (including phenoxy) is 2. The summed E-state index contributed by atoms with van der Waals surface area (Å²) in [6.07, 6.45) is 0.705. The van der Waals surface area contributed by atoms with Gasteiger partial charge in [-0.15, -0.1) is 11.8 Å². The third-order valence-corrected chi connectivity index (χ3v) is 5.85. The molecule has 1 heterocycles. The molecule has 6 heteroatoms. The number of rotatable bonds is 5. The average molecular weight is 406 g/mol. The first-order valence-corrected chi connectivity index (χ1v) is 10.1. The van der Waals surface area contributed by atoms with Gasteiger partial charge in [0.15, 0.2) is 0 Å². The number of nitrogens with one attached hydrogen (secondary N) is 1. The Morgan fingerprint density at radius 2 is 2.00 bits per heavy atom. The lowest BCUT2D eigenvalue weighted by Crippen LogP contribution is -2.43. The van der Waals surface area contributed by atoms with E-state index in [0.29, 0.717) is 11.4 Å². The number of amides is 1. The number of carbonyl (C=O) groups excluding carboxylic acids is 1. The monoisotopic (exact) mass is 405 g/mol. The second-order valence-electron chi connectivity index (χ2n) is 7.24. The Kier molecular flexibility index (Phi) is 5.92. The predicted molar refractivity (Wildman–Crippen MR) is 110 cm³/mol. The second-order valence-corrected chi connectivity index (χ2v) is 9.10. The maximum atomic E-state index is 12.8. The van der Waals surface area contributed by atoms with Crippen molar-refractivity contribution in [2.45, 2.75) is 49.0 Å². The molecule has 0 fully saturated rings. The van der Waals surface area contributed by atoms with Crippen molar-refractivity contribution in [1.82, 2.24) is 5.32 Å². The van der Waals surface area contributed by atoms with Gasteiger partial charge in [0.1, 0.15) is 17.1 Å². The van der Waals surface area contributed by atoms with Crippen LogP contribution in [0.2, 0.25) is 5.02 Å². The largest absolute Gasteiger partial charge is 0.497 e. The quantitative estimate of drug-likeness (QED) is 0.690. The van der Waals surface area contributed by atoms with Crippen molar-refractivity contribution in [3.63, 3.8) is 0 Å². The molecule has 2 unspecified atom stereocenters. The standard InChI is InChI=1S/C21H24ClNO3S/c1-13(27-16-8-5-14(22)6-9-16)20(24)23-18-12-21(2,3)26-19-11-15(25-4)7-10-17(18)19/h5-11,13,18H,12H2,1-4H3,(H,23,24). The molecule has 4 nitrogen and oxygen atoms in total. The van der Waals surface area contributed by atoms with Gasteiger partial charge in [-0.1, -0.05) is 11.6 Å². The van der Waals surface area contributed by atoms with Crippen LogP contribution < -0.4 is 14.8 Å². The molecule has 0 saturated carbocycles. The van der Waals surface area contributed by atoms with E-state index >= 15 is 0 Å². The van der Waals surface area contributed by atoms with Gasteiger partial charge >= 0.3 is 0 Å². The molecule has 27 heavy (non-hydrogen) atoms. The SMILES string of the molecule is COc1ccc2c(c1)OC(C)(C)CC2NC(=O)C(C)Sc1ccc(Cl)cc1. The van der Waals surface area contributed by atoms with E-state index in [-0.39, 0.29) is 22.8 Å². The normalized spacial score (nSPS) is 18.8. The van der Waals surface area contributed by atoms with Crippen LogP contribution >= 0.6 is 23.4 Å². The van der Waals surface area contributed by atoms with Gasteiger partial charge in [0.2, 0.25) is 5.91 Å². The van der Waals surface area contributed by atoms with Gasteiger partial charge in [0.25, 0.3) is 0 Å². The molecule has 2 atom stereocenters. The van der Waals surface area contributed by atoms with Gasteiger partial charge in [0, 0.05) is 28.0 Å². The highest BCUT2D eigenvalue weighted by molar-refractivity contribution is 8.00. The topological polar surface area (TPSA) is 47.6 Å². The Morgan fingerprint density at radius 3 is 2.67 bits per heavy atom. The predicted octanol–water partition coefficient (Wildman–Crippen LogP) is 5.25. The van der Waals surface area contributed by atoms with E-state index in [1.807, 2.05) is 63.2 Å². The maximum Gasteiger partial charge on any atom is 0.233 e. The van der Waals surface area contributed by atoms with Gasteiger partial charge in [0.05, 0.1) is 18.4 Å². The van der Waals surface area contributed by atoms with Gasteiger partial charge in [-0.05, 0) is 57.2 Å². The first-order valence-electron chi connectivity index (χ1n) is 8.87. The molecular formula is C21H24ClNO3S. The first-order chi connectivity index (χ1) is 12.8.